The third-order valence-corrected chi connectivity index (χ3v) is 65.3. The molecule has 0 amide bonds. The Kier molecular flexibility index (Phi) is 51.4. The van der Waals surface area contributed by atoms with E-state index in [0.717, 1.165) is 113 Å². The maximum atomic E-state index is 12.3. The summed E-state index contributed by atoms with van der Waals surface area (Å²) in [6.07, 6.45) is 37.9. The van der Waals surface area contributed by atoms with Crippen molar-refractivity contribution in [2.45, 2.75) is 307 Å². The van der Waals surface area contributed by atoms with Gasteiger partial charge in [-0.05, 0) is 336 Å². The summed E-state index contributed by atoms with van der Waals surface area (Å²) in [5.74, 6) is 10.8. The van der Waals surface area contributed by atoms with Gasteiger partial charge in [0.15, 0.2) is 0 Å². The second-order valence-corrected chi connectivity index (χ2v) is 71.5. The van der Waals surface area contributed by atoms with Gasteiger partial charge in [-0.3, -0.25) is 4.79 Å². The van der Waals surface area contributed by atoms with Crippen LogP contribution in [0.2, 0.25) is 0 Å². The first-order chi connectivity index (χ1) is 54.4. The van der Waals surface area contributed by atoms with E-state index >= 15 is 0 Å². The van der Waals surface area contributed by atoms with E-state index in [1.165, 1.54) is 155 Å². The molecular formula is C78H143B24I6O8P. The van der Waals surface area contributed by atoms with Crippen LogP contribution in [0.5, 0.6) is 0 Å². The first kappa shape index (κ1) is 115. The summed E-state index contributed by atoms with van der Waals surface area (Å²) < 4.78 is 21.2. The predicted octanol–water partition coefficient (Wildman–Crippen LogP) is 14.9. The number of halogens is 6. The first-order valence-corrected chi connectivity index (χ1v) is 72.3. The van der Waals surface area contributed by atoms with Crippen LogP contribution in [0.1, 0.15) is 285 Å². The standard InChI is InChI=1S/C24H42O3.C24H40O3.C24H40O2.C2H7P.C2H6.2CH4.B9I2.B8I2.B7I2/c2*1-5-24-13-12-23(26,15-27-4)14-17(24)6-7-18-20-9-8-19(16(2)25)22(20,3)11-10-21(18)24;1-5-17-8-10-20-19-9-7-18-15-23(25,16-26-4)13-14-24(18,6-2)21(19)11-12-22(17,20)3;1-3-2;1-2;;;1-6-9(7(2)3)11(10)8(4)5;1-6(2)8(5)10(9)7(3)4;1-5-7(4)9(8)6(2)3/h16-21,25-26H,5-15H2,1-4H3;17-21,26H,5-15H2,1-4H3;5,18-21,25H,6-16H2,1-4H3;3H,1-2H3;1-2H3;2*1H4;;;/b;;17-5+;;;;;;;/t16?,17-,18+,19-,20+,21+,22-,23-,24+;17-,18+,19-,20+,21+,22-,23-,24+;18-,19+,20+,21+,22-,23-,24+;;;;;;;/m111......./s1/i;;;;1D;;;;;. The topological polar surface area (TPSA) is 126 Å². The Labute approximate surface area is 796 Å². The molecule has 12 saturated carbocycles. The Morgan fingerprint density at radius 2 is 0.915 bits per heavy atom. The van der Waals surface area contributed by atoms with Crippen molar-refractivity contribution in [3.63, 3.8) is 0 Å². The monoisotopic (exact) mass is 2270 g/mol. The molecule has 1 unspecified atom stereocenters. The van der Waals surface area contributed by atoms with Gasteiger partial charge >= 0.3 is 263 Å². The van der Waals surface area contributed by atoms with E-state index in [9.17, 15) is 25.2 Å². The molecule has 0 aliphatic heterocycles. The summed E-state index contributed by atoms with van der Waals surface area (Å²) >= 11 is 2.20. The van der Waals surface area contributed by atoms with Gasteiger partial charge in [-0.15, -0.1) is 8.58 Å². The van der Waals surface area contributed by atoms with Gasteiger partial charge in [0.05, 0.1) is 42.7 Å². The zero-order valence-electron chi connectivity index (χ0n) is 74.8. The number of aliphatic hydroxyl groups excluding tert-OH is 1. The molecule has 0 aromatic rings. The van der Waals surface area contributed by atoms with E-state index in [1.807, 2.05) is 13.8 Å². The molecule has 24 atom stereocenters. The molecule has 622 valence electrons. The molecule has 0 bridgehead atoms. The molecule has 12 aliphatic carbocycles. The number of hydrogen-bond acceptors (Lipinski definition) is 8. The molecule has 12 fully saturated rings. The number of methoxy groups -OCH3 is 3. The summed E-state index contributed by atoms with van der Waals surface area (Å²) in [5.41, 5.74) is 2.41. The summed E-state index contributed by atoms with van der Waals surface area (Å²) in [5, 5.41) is 43.5. The number of ether oxygens (including phenoxy) is 3. The van der Waals surface area contributed by atoms with Gasteiger partial charge in [-0.25, -0.2) is 0 Å². The Morgan fingerprint density at radius 1 is 0.547 bits per heavy atom. The van der Waals surface area contributed by atoms with Crippen LogP contribution >= 0.6 is 111 Å². The summed E-state index contributed by atoms with van der Waals surface area (Å²) in [4.78, 5) is 12.3. The summed E-state index contributed by atoms with van der Waals surface area (Å²) in [6.45, 7) is 29.0. The van der Waals surface area contributed by atoms with E-state index in [0.29, 0.717) is 89.2 Å². The van der Waals surface area contributed by atoms with Crippen LogP contribution in [-0.2, 0) is 19.0 Å². The Bertz CT molecular complexity index is 2940. The van der Waals surface area contributed by atoms with Gasteiger partial charge in [0.1, 0.15) is 5.78 Å². The number of allylic oxidation sites excluding steroid dienone is 2. The van der Waals surface area contributed by atoms with Gasteiger partial charge in [0.25, 0.3) is 0 Å². The van der Waals surface area contributed by atoms with Crippen LogP contribution < -0.4 is 0 Å². The number of carbonyl (C=O) groups excluding carboxylic acids is 1. The van der Waals surface area contributed by atoms with Crippen molar-refractivity contribution in [2.75, 3.05) is 54.5 Å². The van der Waals surface area contributed by atoms with Crippen molar-refractivity contribution in [1.29, 1.82) is 0 Å². The normalized spacial score (nSPS) is 38.9. The number of carbonyl (C=O) groups is 1. The van der Waals surface area contributed by atoms with E-state index in [-0.39, 0.29) is 52.5 Å². The number of ketones is 1. The first-order valence-electron chi connectivity index (χ1n) is 44.6. The van der Waals surface area contributed by atoms with Crippen LogP contribution in [0.25, 0.3) is 0 Å². The number of aliphatic hydroxyl groups is 4. The van der Waals surface area contributed by atoms with Gasteiger partial charge in [-0.1, -0.05) is 81.9 Å². The molecule has 0 saturated heterocycles. The van der Waals surface area contributed by atoms with Gasteiger partial charge in [0.2, 0.25) is 0 Å². The second-order valence-electron chi connectivity index (χ2n) is 37.9. The zero-order chi connectivity index (χ0) is 87.7. The van der Waals surface area contributed by atoms with E-state index in [1.54, 1.807) is 33.8 Å². The van der Waals surface area contributed by atoms with Gasteiger partial charge in [-0.2, -0.15) is 0 Å². The SMILES string of the molecule is C.C.C/C=C1\CC[C@H]2[C@@H]3CC[C@@H]4C[C@@](O)(COC)CC[C@]4(CC)[C@H]3CC[C@]12C.CC[C@]12CC[C@](O)(COC)C[C@H]1CC[C@H]1[C@@H]3CC[C@H](C(C)=O)[C@@]3(C)CC[C@@H]12.CC[C@]12CC[C@](O)(COC)C[C@H]1CC[C@H]1[C@@H]3CC[C@H](C(C)O)[C@@]3(C)CC[C@@H]12.CPC.[2H]CC.[B]B([B])B([B])I(I)B([B])[B].[B][B]B(B([B])[B])I(I)B([B])[B].[B][B]B([B])I(I)B([B])[B]. The maximum absolute atomic E-state index is 12.3. The van der Waals surface area contributed by atoms with Crippen molar-refractivity contribution in [1.82, 2.24) is 0 Å². The van der Waals surface area contributed by atoms with Crippen molar-refractivity contribution < 1.29 is 40.8 Å². The van der Waals surface area contributed by atoms with Gasteiger partial charge < -0.3 is 34.6 Å². The minimum absolute atomic E-state index is 0. The zero-order valence-corrected chi connectivity index (χ0v) is 87.8. The van der Waals surface area contributed by atoms with Crippen molar-refractivity contribution in [3.05, 3.63) is 11.6 Å². The van der Waals surface area contributed by atoms with E-state index < -0.39 is 75.8 Å². The number of hydrogen-bond donors (Lipinski definition) is 4. The van der Waals surface area contributed by atoms with E-state index in [4.69, 9.17) is 124 Å². The third-order valence-electron chi connectivity index (χ3n) is 32.7. The number of rotatable bonds is 21. The average Bonchev–Trinajstić information content (AvgIpc) is 1.37. The fraction of sp³-hybridized carbons (Fsp3) is 0.962. The van der Waals surface area contributed by atoms with Crippen LogP contribution in [0, 0.1) is 115 Å². The fourth-order valence-electron chi connectivity index (χ4n) is 27.6. The van der Waals surface area contributed by atoms with Crippen LogP contribution in [-0.4, -0.2) is 265 Å². The molecule has 12 rings (SSSR count). The second kappa shape index (κ2) is 52.4. The minimum atomic E-state index is -1.54. The molecule has 0 aromatic heterocycles. The third kappa shape index (κ3) is 27.2. The molecule has 30 radical (unpaired) electrons. The van der Waals surface area contributed by atoms with Crippen LogP contribution in [0.3, 0.4) is 0 Å². The molecule has 0 spiro atoms. The molecule has 39 heteroatoms. The van der Waals surface area contributed by atoms with Crippen molar-refractivity contribution >= 4 is 278 Å². The Hall–Kier alpha value is 5.50. The quantitative estimate of drug-likeness (QED) is 0.0388. The molecule has 4 N–H and O–H groups in total. The van der Waals surface area contributed by atoms with Gasteiger partial charge in [0, 0.05) is 28.6 Å². The van der Waals surface area contributed by atoms with Crippen molar-refractivity contribution in [2.24, 2.45) is 115 Å². The number of Topliss-reactive ketones (excluding diaryl/α,β-unsaturated/α-hetero) is 1. The molecule has 0 heterocycles. The fourth-order valence-corrected chi connectivity index (χ4v) is 39.2. The van der Waals surface area contributed by atoms with E-state index in [2.05, 4.69) is 124 Å². The summed E-state index contributed by atoms with van der Waals surface area (Å²) in [6, 6.07) is 0. The average molecular weight is 2260 g/mol. The van der Waals surface area contributed by atoms with Crippen LogP contribution in [0.15, 0.2) is 11.6 Å². The van der Waals surface area contributed by atoms with Crippen LogP contribution in [0.4, 0.5) is 0 Å². The predicted molar refractivity (Wildman–Crippen MR) is 590 cm³/mol. The summed E-state index contributed by atoms with van der Waals surface area (Å²) in [7, 11) is 85.2. The molecule has 0 aromatic carbocycles. The van der Waals surface area contributed by atoms with Crippen molar-refractivity contribution in [3.8, 4) is 0 Å². The molecule has 117 heavy (non-hydrogen) atoms. The Balaban J connectivity index is 0.000000378. The molecular weight excluding hydrogens is 2120 g/mol. The Morgan fingerprint density at radius 3 is 1.21 bits per heavy atom. The molecule has 8 nitrogen and oxygen atoms in total. The number of fused-ring (bicyclic) bond motifs is 15. The molecule has 12 aliphatic rings.